The minimum absolute atomic E-state index is 0.0374. The number of urea groups is 1. The molecule has 0 saturated carbocycles. The topological polar surface area (TPSA) is 57.6 Å². The van der Waals surface area contributed by atoms with Gasteiger partial charge in [-0.2, -0.15) is 0 Å². The van der Waals surface area contributed by atoms with E-state index in [0.717, 1.165) is 23.4 Å². The fraction of sp³-hybridized carbons (Fsp3) is 0.500. The van der Waals surface area contributed by atoms with Crippen LogP contribution in [0, 0.1) is 12.8 Å². The van der Waals surface area contributed by atoms with Gasteiger partial charge in [0.1, 0.15) is 6.54 Å². The number of hydrogen-bond donors (Lipinski definition) is 1. The third-order valence-corrected chi connectivity index (χ3v) is 5.30. The van der Waals surface area contributed by atoms with Crippen LogP contribution in [0.25, 0.3) is 0 Å². The summed E-state index contributed by atoms with van der Waals surface area (Å²) in [6, 6.07) is 11.4. The van der Waals surface area contributed by atoms with Crippen LogP contribution in [0.4, 0.5) is 10.5 Å². The molecule has 1 atom stereocenters. The first-order valence-electron chi connectivity index (χ1n) is 10.7. The average molecular weight is 413 g/mol. The molecule has 2 aromatic rings. The Morgan fingerprint density at radius 2 is 1.87 bits per heavy atom. The molecule has 30 heavy (non-hydrogen) atoms. The largest absolute Gasteiger partial charge is 0.353 e. The van der Waals surface area contributed by atoms with Crippen molar-refractivity contribution in [2.24, 2.45) is 13.0 Å². The molecule has 1 N–H and O–H groups in total. The van der Waals surface area contributed by atoms with Crippen molar-refractivity contribution in [3.05, 3.63) is 53.9 Å². The van der Waals surface area contributed by atoms with E-state index >= 15 is 0 Å². The van der Waals surface area contributed by atoms with Crippen molar-refractivity contribution in [3.63, 3.8) is 0 Å². The van der Waals surface area contributed by atoms with Crippen LogP contribution in [-0.4, -0.2) is 45.4 Å². The van der Waals surface area contributed by atoms with E-state index < -0.39 is 0 Å². The lowest BCUT2D eigenvalue weighted by Gasteiger charge is -2.32. The van der Waals surface area contributed by atoms with Crippen LogP contribution in [0.15, 0.2) is 42.6 Å². The molecule has 6 nitrogen and oxygen atoms in total. The van der Waals surface area contributed by atoms with Gasteiger partial charge in [-0.15, -0.1) is 0 Å². The normalized spacial score (nSPS) is 12.0. The first-order valence-corrected chi connectivity index (χ1v) is 10.7. The van der Waals surface area contributed by atoms with Gasteiger partial charge in [-0.05, 0) is 56.0 Å². The number of rotatable bonds is 9. The maximum absolute atomic E-state index is 13.3. The van der Waals surface area contributed by atoms with Crippen LogP contribution in [0.5, 0.6) is 0 Å². The van der Waals surface area contributed by atoms with Crippen LogP contribution >= 0.6 is 0 Å². The van der Waals surface area contributed by atoms with Gasteiger partial charge in [0.15, 0.2) is 0 Å². The van der Waals surface area contributed by atoms with Gasteiger partial charge in [0, 0.05) is 37.2 Å². The molecule has 0 aliphatic heterocycles. The van der Waals surface area contributed by atoms with Gasteiger partial charge >= 0.3 is 6.03 Å². The second-order valence-corrected chi connectivity index (χ2v) is 8.46. The highest BCUT2D eigenvalue weighted by molar-refractivity contribution is 5.92. The molecule has 0 spiro atoms. The molecule has 0 bridgehead atoms. The molecule has 0 fully saturated rings. The number of hydrogen-bond acceptors (Lipinski definition) is 2. The maximum atomic E-state index is 13.3. The highest BCUT2D eigenvalue weighted by Gasteiger charge is 2.25. The number of benzene rings is 1. The highest BCUT2D eigenvalue weighted by Crippen LogP contribution is 2.14. The summed E-state index contributed by atoms with van der Waals surface area (Å²) in [5.74, 6) is 0.303. The number of amides is 3. The predicted molar refractivity (Wildman–Crippen MR) is 122 cm³/mol. The molecule has 1 aromatic carbocycles. The fourth-order valence-corrected chi connectivity index (χ4v) is 3.36. The Hall–Kier alpha value is -2.76. The number of anilines is 1. The summed E-state index contributed by atoms with van der Waals surface area (Å²) in [4.78, 5) is 29.8. The molecule has 0 aliphatic carbocycles. The van der Waals surface area contributed by atoms with Crippen molar-refractivity contribution >= 4 is 17.6 Å². The van der Waals surface area contributed by atoms with E-state index in [4.69, 9.17) is 0 Å². The average Bonchev–Trinajstić information content (AvgIpc) is 3.09. The van der Waals surface area contributed by atoms with Crippen LogP contribution in [0.1, 0.15) is 45.4 Å². The first kappa shape index (κ1) is 23.5. The van der Waals surface area contributed by atoms with Crippen LogP contribution in [0.3, 0.4) is 0 Å². The Morgan fingerprint density at radius 1 is 1.13 bits per heavy atom. The quantitative estimate of drug-likeness (QED) is 0.652. The first-order chi connectivity index (χ1) is 14.2. The molecule has 1 unspecified atom stereocenters. The second-order valence-electron chi connectivity index (χ2n) is 8.46. The molecule has 1 heterocycles. The van der Waals surface area contributed by atoms with Crippen LogP contribution in [-0.2, 0) is 18.4 Å². The molecule has 0 aliphatic rings. The zero-order valence-corrected chi connectivity index (χ0v) is 19.2. The zero-order valence-electron chi connectivity index (χ0n) is 19.2. The summed E-state index contributed by atoms with van der Waals surface area (Å²) in [5.41, 5.74) is 2.89. The van der Waals surface area contributed by atoms with E-state index in [9.17, 15) is 9.59 Å². The van der Waals surface area contributed by atoms with E-state index in [-0.39, 0.29) is 24.5 Å². The predicted octanol–water partition coefficient (Wildman–Crippen LogP) is 4.65. The number of aromatic nitrogens is 1. The lowest BCUT2D eigenvalue weighted by atomic mass is 10.2. The van der Waals surface area contributed by atoms with Crippen molar-refractivity contribution in [2.75, 3.05) is 18.4 Å². The molecule has 6 heteroatoms. The second kappa shape index (κ2) is 10.9. The Labute approximate surface area is 180 Å². The fourth-order valence-electron chi connectivity index (χ4n) is 3.36. The summed E-state index contributed by atoms with van der Waals surface area (Å²) in [6.07, 6.45) is 2.75. The van der Waals surface area contributed by atoms with Crippen molar-refractivity contribution in [2.45, 2.75) is 53.6 Å². The Bertz CT molecular complexity index is 843. The summed E-state index contributed by atoms with van der Waals surface area (Å²) in [7, 11) is 1.98. The van der Waals surface area contributed by atoms with E-state index in [0.29, 0.717) is 19.0 Å². The number of aryl methyl sites for hydroxylation is 2. The third-order valence-electron chi connectivity index (χ3n) is 5.30. The molecular weight excluding hydrogens is 376 g/mol. The van der Waals surface area contributed by atoms with Gasteiger partial charge in [-0.25, -0.2) is 4.79 Å². The van der Waals surface area contributed by atoms with Crippen molar-refractivity contribution < 1.29 is 9.59 Å². The van der Waals surface area contributed by atoms with E-state index in [1.54, 1.807) is 4.90 Å². The smallest absolute Gasteiger partial charge is 0.322 e. The lowest BCUT2D eigenvalue weighted by molar-refractivity contribution is -0.133. The monoisotopic (exact) mass is 412 g/mol. The highest BCUT2D eigenvalue weighted by atomic mass is 16.2. The van der Waals surface area contributed by atoms with Crippen molar-refractivity contribution in [3.8, 4) is 0 Å². The van der Waals surface area contributed by atoms with Crippen LogP contribution < -0.4 is 5.32 Å². The Balaban J connectivity index is 2.16. The summed E-state index contributed by atoms with van der Waals surface area (Å²) in [6.45, 7) is 11.4. The lowest BCUT2D eigenvalue weighted by Crippen LogP contribution is -2.48. The van der Waals surface area contributed by atoms with Gasteiger partial charge < -0.3 is 19.7 Å². The van der Waals surface area contributed by atoms with Gasteiger partial charge in [-0.3, -0.25) is 4.79 Å². The molecule has 0 saturated heterocycles. The maximum Gasteiger partial charge on any atom is 0.322 e. The van der Waals surface area contributed by atoms with E-state index in [2.05, 4.69) is 19.2 Å². The van der Waals surface area contributed by atoms with Crippen molar-refractivity contribution in [1.29, 1.82) is 0 Å². The minimum Gasteiger partial charge on any atom is -0.353 e. The summed E-state index contributed by atoms with van der Waals surface area (Å²) in [5, 5.41) is 2.95. The third kappa shape index (κ3) is 6.65. The summed E-state index contributed by atoms with van der Waals surface area (Å²) < 4.78 is 2.03. The zero-order chi connectivity index (χ0) is 22.3. The molecule has 3 amide bonds. The van der Waals surface area contributed by atoms with E-state index in [1.165, 1.54) is 0 Å². The molecule has 1 aromatic heterocycles. The minimum atomic E-state index is -0.244. The molecular formula is C24H36N4O2. The van der Waals surface area contributed by atoms with E-state index in [1.807, 2.05) is 79.9 Å². The van der Waals surface area contributed by atoms with Gasteiger partial charge in [0.05, 0.1) is 6.54 Å². The van der Waals surface area contributed by atoms with Crippen molar-refractivity contribution in [1.82, 2.24) is 14.4 Å². The van der Waals surface area contributed by atoms with Crippen LogP contribution in [0.2, 0.25) is 0 Å². The van der Waals surface area contributed by atoms with Gasteiger partial charge in [0.25, 0.3) is 0 Å². The number of nitrogens with one attached hydrogen (secondary N) is 1. The van der Waals surface area contributed by atoms with Gasteiger partial charge in [0.2, 0.25) is 5.91 Å². The standard InChI is InChI=1S/C24H36N4O2/c1-7-20(5)28(24(30)25-21-11-8-10-19(4)14-21)17-23(29)27(15-18(2)3)16-22-12-9-13-26(22)6/h8-14,18,20H,7,15-17H2,1-6H3,(H,25,30). The SMILES string of the molecule is CCC(C)N(CC(=O)N(Cc1cccn1C)CC(C)C)C(=O)Nc1cccc(C)c1. The number of carbonyl (C=O) groups excluding carboxylic acids is 2. The molecule has 2 rings (SSSR count). The summed E-state index contributed by atoms with van der Waals surface area (Å²) >= 11 is 0. The Kier molecular flexibility index (Phi) is 8.51. The Morgan fingerprint density at radius 3 is 2.43 bits per heavy atom. The molecule has 164 valence electrons. The number of carbonyl (C=O) groups is 2. The molecule has 0 radical (unpaired) electrons. The van der Waals surface area contributed by atoms with Gasteiger partial charge in [-0.1, -0.05) is 32.9 Å². The number of nitrogens with zero attached hydrogens (tertiary/aromatic N) is 3.